The van der Waals surface area contributed by atoms with Gasteiger partial charge in [0.15, 0.2) is 0 Å². The van der Waals surface area contributed by atoms with Crippen LogP contribution in [0, 0.1) is 5.82 Å². The van der Waals surface area contributed by atoms with Crippen molar-refractivity contribution in [1.29, 1.82) is 0 Å². The van der Waals surface area contributed by atoms with Crippen LogP contribution in [0.15, 0.2) is 48.5 Å². The Morgan fingerprint density at radius 1 is 1.13 bits per heavy atom. The fourth-order valence-corrected chi connectivity index (χ4v) is 3.33. The molecule has 30 heavy (non-hydrogen) atoms. The summed E-state index contributed by atoms with van der Waals surface area (Å²) >= 11 is 0. The van der Waals surface area contributed by atoms with Crippen molar-refractivity contribution in [2.24, 2.45) is 0 Å². The molecule has 2 amide bonds. The normalized spacial score (nSPS) is 15.9. The summed E-state index contributed by atoms with van der Waals surface area (Å²) in [5, 5.41) is 2.82. The quantitative estimate of drug-likeness (QED) is 0.722. The summed E-state index contributed by atoms with van der Waals surface area (Å²) in [6.45, 7) is 1.86. The minimum atomic E-state index is -0.443. The molecule has 7 heteroatoms. The number of hydrogen-bond acceptors (Lipinski definition) is 4. The largest absolute Gasteiger partial charge is 0.368 e. The predicted octanol–water partition coefficient (Wildman–Crippen LogP) is 3.15. The van der Waals surface area contributed by atoms with E-state index in [1.165, 1.54) is 6.07 Å². The number of likely N-dealkylation sites (N-methyl/N-ethyl adjacent to an activating group) is 1. The molecule has 160 valence electrons. The highest BCUT2D eigenvalue weighted by molar-refractivity contribution is 5.98. The zero-order valence-corrected chi connectivity index (χ0v) is 17.4. The van der Waals surface area contributed by atoms with Crippen molar-refractivity contribution >= 4 is 17.5 Å². The molecule has 2 aromatic carbocycles. The zero-order chi connectivity index (χ0) is 21.5. The summed E-state index contributed by atoms with van der Waals surface area (Å²) in [7, 11) is 3.85. The number of ether oxygens (including phenoxy) is 1. The van der Waals surface area contributed by atoms with Crippen molar-refractivity contribution in [2.45, 2.75) is 25.5 Å². The average molecular weight is 413 g/mol. The molecule has 0 aromatic heterocycles. The van der Waals surface area contributed by atoms with E-state index >= 15 is 0 Å². The molecule has 1 aliphatic rings. The van der Waals surface area contributed by atoms with Gasteiger partial charge in [-0.15, -0.1) is 0 Å². The third-order valence-electron chi connectivity index (χ3n) is 5.02. The number of rotatable bonds is 8. The number of carbonyl (C=O) groups is 2. The Labute approximate surface area is 176 Å². The molecule has 1 N–H and O–H groups in total. The van der Waals surface area contributed by atoms with E-state index in [9.17, 15) is 14.0 Å². The number of nitrogens with zero attached hydrogens (tertiary/aromatic N) is 2. The Morgan fingerprint density at radius 2 is 1.93 bits per heavy atom. The standard InChI is InChI=1S/C23H28FN3O3/c1-26(2)12-13-27(16-18-7-3-4-10-20(18)24)23(29)17-8-5-9-19(15-17)25-22(28)21-11-6-14-30-21/h3-5,7-10,15,21H,6,11-14,16H2,1-2H3,(H,25,28). The SMILES string of the molecule is CN(C)CCN(Cc1ccccc1F)C(=O)c1cccc(NC(=O)C2CCCO2)c1. The molecule has 0 aliphatic carbocycles. The van der Waals surface area contributed by atoms with Crippen molar-refractivity contribution in [3.05, 3.63) is 65.5 Å². The second-order valence-corrected chi connectivity index (χ2v) is 7.69. The average Bonchev–Trinajstić information content (AvgIpc) is 3.27. The van der Waals surface area contributed by atoms with Crippen LogP contribution in [0.2, 0.25) is 0 Å². The second kappa shape index (κ2) is 10.3. The van der Waals surface area contributed by atoms with E-state index in [0.29, 0.717) is 42.9 Å². The van der Waals surface area contributed by atoms with Gasteiger partial charge in [0.1, 0.15) is 11.9 Å². The van der Waals surface area contributed by atoms with Gasteiger partial charge in [0, 0.05) is 43.1 Å². The Balaban J connectivity index is 1.75. The van der Waals surface area contributed by atoms with E-state index in [-0.39, 0.29) is 24.2 Å². The molecule has 6 nitrogen and oxygen atoms in total. The maximum atomic E-state index is 14.2. The van der Waals surface area contributed by atoms with Crippen LogP contribution in [0.1, 0.15) is 28.8 Å². The zero-order valence-electron chi connectivity index (χ0n) is 17.4. The summed E-state index contributed by atoms with van der Waals surface area (Å²) in [5.74, 6) is -0.751. The highest BCUT2D eigenvalue weighted by Gasteiger charge is 2.24. The Kier molecular flexibility index (Phi) is 7.54. The van der Waals surface area contributed by atoms with Gasteiger partial charge in [0.2, 0.25) is 0 Å². The number of halogens is 1. The molecule has 1 unspecified atom stereocenters. The fraction of sp³-hybridized carbons (Fsp3) is 0.391. The topological polar surface area (TPSA) is 61.9 Å². The fourth-order valence-electron chi connectivity index (χ4n) is 3.33. The third-order valence-corrected chi connectivity index (χ3v) is 5.02. The predicted molar refractivity (Wildman–Crippen MR) is 114 cm³/mol. The van der Waals surface area contributed by atoms with Crippen LogP contribution in [-0.2, 0) is 16.1 Å². The van der Waals surface area contributed by atoms with Gasteiger partial charge in [-0.05, 0) is 51.2 Å². The lowest BCUT2D eigenvalue weighted by Gasteiger charge is -2.25. The Hall–Kier alpha value is -2.77. The van der Waals surface area contributed by atoms with Gasteiger partial charge in [-0.2, -0.15) is 0 Å². The second-order valence-electron chi connectivity index (χ2n) is 7.69. The monoisotopic (exact) mass is 413 g/mol. The molecular formula is C23H28FN3O3. The van der Waals surface area contributed by atoms with E-state index < -0.39 is 6.10 Å². The van der Waals surface area contributed by atoms with Gasteiger partial charge in [0.05, 0.1) is 0 Å². The van der Waals surface area contributed by atoms with Crippen molar-refractivity contribution in [1.82, 2.24) is 9.80 Å². The Morgan fingerprint density at radius 3 is 2.63 bits per heavy atom. The van der Waals surface area contributed by atoms with E-state index in [4.69, 9.17) is 4.74 Å². The number of anilines is 1. The van der Waals surface area contributed by atoms with Crippen LogP contribution in [-0.4, -0.2) is 61.5 Å². The maximum absolute atomic E-state index is 14.2. The van der Waals surface area contributed by atoms with Crippen LogP contribution in [0.5, 0.6) is 0 Å². The van der Waals surface area contributed by atoms with Crippen LogP contribution in [0.4, 0.5) is 10.1 Å². The summed E-state index contributed by atoms with van der Waals surface area (Å²) in [5.41, 5.74) is 1.45. The van der Waals surface area contributed by atoms with E-state index in [1.807, 2.05) is 19.0 Å². The molecule has 3 rings (SSSR count). The highest BCUT2D eigenvalue weighted by atomic mass is 19.1. The highest BCUT2D eigenvalue weighted by Crippen LogP contribution is 2.18. The molecule has 1 atom stereocenters. The number of carbonyl (C=O) groups excluding carboxylic acids is 2. The van der Waals surface area contributed by atoms with Gasteiger partial charge in [0.25, 0.3) is 11.8 Å². The minimum Gasteiger partial charge on any atom is -0.368 e. The number of benzene rings is 2. The van der Waals surface area contributed by atoms with Crippen LogP contribution < -0.4 is 5.32 Å². The molecule has 0 radical (unpaired) electrons. The Bertz CT molecular complexity index is 882. The first-order valence-corrected chi connectivity index (χ1v) is 10.1. The maximum Gasteiger partial charge on any atom is 0.254 e. The number of amides is 2. The minimum absolute atomic E-state index is 0.172. The first kappa shape index (κ1) is 21.9. The summed E-state index contributed by atoms with van der Waals surface area (Å²) in [6.07, 6.45) is 1.13. The van der Waals surface area contributed by atoms with Crippen molar-refractivity contribution in [3.63, 3.8) is 0 Å². The first-order chi connectivity index (χ1) is 14.4. The van der Waals surface area contributed by atoms with Gasteiger partial charge >= 0.3 is 0 Å². The third kappa shape index (κ3) is 5.87. The molecule has 0 bridgehead atoms. The number of nitrogens with one attached hydrogen (secondary N) is 1. The van der Waals surface area contributed by atoms with Gasteiger partial charge in [-0.1, -0.05) is 24.3 Å². The van der Waals surface area contributed by atoms with Gasteiger partial charge < -0.3 is 19.9 Å². The molecule has 1 saturated heterocycles. The van der Waals surface area contributed by atoms with Crippen LogP contribution >= 0.6 is 0 Å². The van der Waals surface area contributed by atoms with Crippen LogP contribution in [0.3, 0.4) is 0 Å². The lowest BCUT2D eigenvalue weighted by atomic mass is 10.1. The number of hydrogen-bond donors (Lipinski definition) is 1. The molecule has 1 fully saturated rings. The molecule has 0 spiro atoms. The molecule has 0 saturated carbocycles. The van der Waals surface area contributed by atoms with Crippen molar-refractivity contribution < 1.29 is 18.7 Å². The molecular weight excluding hydrogens is 385 g/mol. The summed E-state index contributed by atoms with van der Waals surface area (Å²) < 4.78 is 19.6. The smallest absolute Gasteiger partial charge is 0.254 e. The molecule has 1 heterocycles. The lowest BCUT2D eigenvalue weighted by molar-refractivity contribution is -0.124. The van der Waals surface area contributed by atoms with Crippen molar-refractivity contribution in [3.8, 4) is 0 Å². The molecule has 2 aromatic rings. The first-order valence-electron chi connectivity index (χ1n) is 10.1. The summed E-state index contributed by atoms with van der Waals surface area (Å²) in [4.78, 5) is 29.1. The van der Waals surface area contributed by atoms with E-state index in [0.717, 1.165) is 6.42 Å². The molecule has 1 aliphatic heterocycles. The van der Waals surface area contributed by atoms with Crippen LogP contribution in [0.25, 0.3) is 0 Å². The summed E-state index contributed by atoms with van der Waals surface area (Å²) in [6, 6.07) is 13.3. The lowest BCUT2D eigenvalue weighted by Crippen LogP contribution is -2.36. The van der Waals surface area contributed by atoms with E-state index in [1.54, 1.807) is 47.4 Å². The van der Waals surface area contributed by atoms with E-state index in [2.05, 4.69) is 5.32 Å². The van der Waals surface area contributed by atoms with Gasteiger partial charge in [-0.3, -0.25) is 9.59 Å². The van der Waals surface area contributed by atoms with Gasteiger partial charge in [-0.25, -0.2) is 4.39 Å². The van der Waals surface area contributed by atoms with Crippen molar-refractivity contribution in [2.75, 3.05) is 39.1 Å².